The van der Waals surface area contributed by atoms with E-state index in [1.54, 1.807) is 10.9 Å². The summed E-state index contributed by atoms with van der Waals surface area (Å²) in [6, 6.07) is 0. The van der Waals surface area contributed by atoms with Crippen molar-refractivity contribution in [1.82, 2.24) is 9.78 Å². The summed E-state index contributed by atoms with van der Waals surface area (Å²) in [5, 5.41) is 14.8. The number of hydrogen-bond acceptors (Lipinski definition) is 2. The average molecular weight is 194 g/mol. The van der Waals surface area contributed by atoms with E-state index in [2.05, 4.69) is 18.9 Å². The van der Waals surface area contributed by atoms with Crippen LogP contribution in [0.3, 0.4) is 0 Å². The highest BCUT2D eigenvalue weighted by Gasteiger charge is 2.49. The van der Waals surface area contributed by atoms with Crippen molar-refractivity contribution in [2.75, 3.05) is 0 Å². The fourth-order valence-electron chi connectivity index (χ4n) is 2.50. The molecular formula is C11H18N2O. The van der Waals surface area contributed by atoms with Crippen LogP contribution in [0.4, 0.5) is 0 Å². The van der Waals surface area contributed by atoms with E-state index < -0.39 is 5.60 Å². The van der Waals surface area contributed by atoms with Crippen LogP contribution in [0.2, 0.25) is 0 Å². The van der Waals surface area contributed by atoms with Gasteiger partial charge in [-0.1, -0.05) is 13.8 Å². The second-order valence-electron chi connectivity index (χ2n) is 5.00. The quantitative estimate of drug-likeness (QED) is 0.740. The van der Waals surface area contributed by atoms with Crippen LogP contribution in [-0.2, 0) is 12.6 Å². The number of aromatic nitrogens is 2. The molecule has 1 fully saturated rings. The summed E-state index contributed by atoms with van der Waals surface area (Å²) in [5.41, 5.74) is 0.250. The first kappa shape index (κ1) is 9.71. The SMILES string of the molecule is Cn1cc(C2(O)CCCC2(C)C)cn1. The predicted octanol–water partition coefficient (Wildman–Crippen LogP) is 1.82. The maximum absolute atomic E-state index is 10.7. The molecule has 0 spiro atoms. The highest BCUT2D eigenvalue weighted by Crippen LogP contribution is 2.51. The standard InChI is InChI=1S/C11H18N2O/c1-10(2)5-4-6-11(10,14)9-7-12-13(3)8-9/h7-8,14H,4-6H2,1-3H3. The van der Waals surface area contributed by atoms with Gasteiger partial charge in [0, 0.05) is 18.8 Å². The molecule has 14 heavy (non-hydrogen) atoms. The average Bonchev–Trinajstić information content (AvgIpc) is 2.60. The van der Waals surface area contributed by atoms with Crippen molar-refractivity contribution in [1.29, 1.82) is 0 Å². The molecule has 0 radical (unpaired) electrons. The van der Waals surface area contributed by atoms with Crippen LogP contribution in [0, 0.1) is 5.41 Å². The first-order valence-electron chi connectivity index (χ1n) is 5.17. The number of rotatable bonds is 1. The highest BCUT2D eigenvalue weighted by molar-refractivity contribution is 5.21. The Labute approximate surface area is 84.7 Å². The molecule has 1 unspecified atom stereocenters. The Balaban J connectivity index is 2.41. The van der Waals surface area contributed by atoms with Gasteiger partial charge in [-0.15, -0.1) is 0 Å². The van der Waals surface area contributed by atoms with Crippen LogP contribution in [0.5, 0.6) is 0 Å². The third-order valence-electron chi connectivity index (χ3n) is 3.64. The molecule has 1 aliphatic carbocycles. The van der Waals surface area contributed by atoms with Crippen LogP contribution in [0.25, 0.3) is 0 Å². The molecule has 0 saturated heterocycles. The van der Waals surface area contributed by atoms with Gasteiger partial charge in [0.1, 0.15) is 0 Å². The zero-order chi connectivity index (χ0) is 10.4. The van der Waals surface area contributed by atoms with Crippen molar-refractivity contribution < 1.29 is 5.11 Å². The molecule has 1 atom stereocenters. The van der Waals surface area contributed by atoms with Crippen molar-refractivity contribution in [3.05, 3.63) is 18.0 Å². The number of aryl methyl sites for hydroxylation is 1. The molecule has 0 aromatic carbocycles. The topological polar surface area (TPSA) is 38.0 Å². The molecule has 1 heterocycles. The minimum absolute atomic E-state index is 0.0317. The summed E-state index contributed by atoms with van der Waals surface area (Å²) in [6.07, 6.45) is 6.74. The van der Waals surface area contributed by atoms with Crippen LogP contribution in [-0.4, -0.2) is 14.9 Å². The molecule has 1 aliphatic rings. The molecule has 78 valence electrons. The van der Waals surface area contributed by atoms with Gasteiger partial charge in [-0.2, -0.15) is 5.10 Å². The molecule has 1 N–H and O–H groups in total. The molecule has 0 amide bonds. The minimum atomic E-state index is -0.679. The summed E-state index contributed by atoms with van der Waals surface area (Å²) in [5.74, 6) is 0. The molecule has 1 aromatic heterocycles. The molecule has 2 rings (SSSR count). The zero-order valence-electron chi connectivity index (χ0n) is 9.12. The number of nitrogens with zero attached hydrogens (tertiary/aromatic N) is 2. The lowest BCUT2D eigenvalue weighted by Crippen LogP contribution is -2.36. The van der Waals surface area contributed by atoms with Crippen molar-refractivity contribution in [2.45, 2.75) is 38.7 Å². The minimum Gasteiger partial charge on any atom is -0.384 e. The van der Waals surface area contributed by atoms with E-state index in [1.807, 2.05) is 13.2 Å². The Morgan fingerprint density at radius 3 is 2.57 bits per heavy atom. The maximum atomic E-state index is 10.7. The Morgan fingerprint density at radius 2 is 2.14 bits per heavy atom. The molecule has 3 heteroatoms. The van der Waals surface area contributed by atoms with Gasteiger partial charge < -0.3 is 5.11 Å². The van der Waals surface area contributed by atoms with E-state index in [1.165, 1.54) is 0 Å². The lowest BCUT2D eigenvalue weighted by atomic mass is 9.74. The van der Waals surface area contributed by atoms with Crippen molar-refractivity contribution in [2.24, 2.45) is 12.5 Å². The van der Waals surface area contributed by atoms with Crippen LogP contribution in [0.1, 0.15) is 38.7 Å². The van der Waals surface area contributed by atoms with Crippen LogP contribution in [0.15, 0.2) is 12.4 Å². The smallest absolute Gasteiger partial charge is 0.0977 e. The van der Waals surface area contributed by atoms with Gasteiger partial charge in [0.25, 0.3) is 0 Å². The monoisotopic (exact) mass is 194 g/mol. The lowest BCUT2D eigenvalue weighted by Gasteiger charge is -2.36. The van der Waals surface area contributed by atoms with Crippen LogP contribution >= 0.6 is 0 Å². The third-order valence-corrected chi connectivity index (χ3v) is 3.64. The second-order valence-corrected chi connectivity index (χ2v) is 5.00. The first-order chi connectivity index (χ1) is 6.46. The fourth-order valence-corrected chi connectivity index (χ4v) is 2.50. The molecule has 0 bridgehead atoms. The Bertz CT molecular complexity index is 343. The van der Waals surface area contributed by atoms with Gasteiger partial charge in [0.2, 0.25) is 0 Å². The fraction of sp³-hybridized carbons (Fsp3) is 0.727. The molecule has 1 aromatic rings. The number of hydrogen-bond donors (Lipinski definition) is 1. The van der Waals surface area contributed by atoms with E-state index >= 15 is 0 Å². The van der Waals surface area contributed by atoms with Crippen molar-refractivity contribution >= 4 is 0 Å². The van der Waals surface area contributed by atoms with Gasteiger partial charge in [-0.3, -0.25) is 4.68 Å². The summed E-state index contributed by atoms with van der Waals surface area (Å²) in [7, 11) is 1.88. The van der Waals surface area contributed by atoms with Gasteiger partial charge in [0.05, 0.1) is 11.8 Å². The zero-order valence-corrected chi connectivity index (χ0v) is 9.12. The lowest BCUT2D eigenvalue weighted by molar-refractivity contribution is -0.0485. The molecular weight excluding hydrogens is 176 g/mol. The maximum Gasteiger partial charge on any atom is 0.0977 e. The molecule has 3 nitrogen and oxygen atoms in total. The Kier molecular flexibility index (Phi) is 1.96. The van der Waals surface area contributed by atoms with Gasteiger partial charge in [0.15, 0.2) is 0 Å². The number of aliphatic hydroxyl groups is 1. The third kappa shape index (κ3) is 1.19. The van der Waals surface area contributed by atoms with E-state index in [4.69, 9.17) is 0 Å². The second kappa shape index (κ2) is 2.83. The molecule has 1 saturated carbocycles. The van der Waals surface area contributed by atoms with E-state index in [0.717, 1.165) is 24.8 Å². The predicted molar refractivity (Wildman–Crippen MR) is 54.7 cm³/mol. The normalized spacial score (nSPS) is 30.9. The van der Waals surface area contributed by atoms with Crippen LogP contribution < -0.4 is 0 Å². The van der Waals surface area contributed by atoms with E-state index in [-0.39, 0.29) is 5.41 Å². The van der Waals surface area contributed by atoms with E-state index in [9.17, 15) is 5.11 Å². The first-order valence-corrected chi connectivity index (χ1v) is 5.17. The molecule has 0 aliphatic heterocycles. The van der Waals surface area contributed by atoms with Gasteiger partial charge in [-0.05, 0) is 24.7 Å². The summed E-state index contributed by atoms with van der Waals surface area (Å²) in [4.78, 5) is 0. The van der Waals surface area contributed by atoms with Crippen molar-refractivity contribution in [3.63, 3.8) is 0 Å². The van der Waals surface area contributed by atoms with E-state index in [0.29, 0.717) is 0 Å². The Morgan fingerprint density at radius 1 is 1.43 bits per heavy atom. The largest absolute Gasteiger partial charge is 0.384 e. The van der Waals surface area contributed by atoms with Gasteiger partial charge >= 0.3 is 0 Å². The Hall–Kier alpha value is -0.830. The van der Waals surface area contributed by atoms with Gasteiger partial charge in [-0.25, -0.2) is 0 Å². The summed E-state index contributed by atoms with van der Waals surface area (Å²) < 4.78 is 1.75. The van der Waals surface area contributed by atoms with Crippen molar-refractivity contribution in [3.8, 4) is 0 Å². The summed E-state index contributed by atoms with van der Waals surface area (Å²) in [6.45, 7) is 4.26. The highest BCUT2D eigenvalue weighted by atomic mass is 16.3. The summed E-state index contributed by atoms with van der Waals surface area (Å²) >= 11 is 0.